The van der Waals surface area contributed by atoms with Crippen LogP contribution in [-0.2, 0) is 9.78 Å². The molecule has 1 aromatic carbocycles. The largest absolute Gasteiger partial charge is 0.373 e. The molecule has 1 unspecified atom stereocenters. The molecule has 1 atom stereocenters. The summed E-state index contributed by atoms with van der Waals surface area (Å²) in [6.07, 6.45) is 4.52. The summed E-state index contributed by atoms with van der Waals surface area (Å²) in [5.74, 6) is 0.0722. The maximum Gasteiger partial charge on any atom is 0.373 e. The van der Waals surface area contributed by atoms with Crippen LogP contribution in [0.25, 0.3) is 0 Å². The Kier molecular flexibility index (Phi) is 7.77. The SMILES string of the molecule is CCCCC(CC)COOC(=O)c1c(C)c(C)c(C)c(C)c1C. The van der Waals surface area contributed by atoms with Crippen molar-refractivity contribution in [1.29, 1.82) is 0 Å². The minimum Gasteiger partial charge on any atom is -0.293 e. The van der Waals surface area contributed by atoms with Gasteiger partial charge in [-0.2, -0.15) is 4.89 Å². The molecule has 130 valence electrons. The van der Waals surface area contributed by atoms with Crippen LogP contribution in [0.1, 0.15) is 77.7 Å². The highest BCUT2D eigenvalue weighted by molar-refractivity contribution is 5.93. The van der Waals surface area contributed by atoms with Gasteiger partial charge in [0, 0.05) is 0 Å². The maximum atomic E-state index is 12.4. The summed E-state index contributed by atoms with van der Waals surface area (Å²) in [6.45, 7) is 14.9. The molecule has 0 bridgehead atoms. The molecular formula is C20H32O3. The summed E-state index contributed by atoms with van der Waals surface area (Å²) in [5.41, 5.74) is 6.15. The minimum atomic E-state index is -0.378. The zero-order valence-electron chi connectivity index (χ0n) is 15.8. The predicted octanol–water partition coefficient (Wildman–Crippen LogP) is 5.53. The average Bonchev–Trinajstić information content (AvgIpc) is 2.54. The van der Waals surface area contributed by atoms with Crippen LogP contribution < -0.4 is 0 Å². The second kappa shape index (κ2) is 9.07. The van der Waals surface area contributed by atoms with Crippen molar-refractivity contribution in [3.8, 4) is 0 Å². The fourth-order valence-corrected chi connectivity index (χ4v) is 2.93. The fraction of sp³-hybridized carbons (Fsp3) is 0.650. The Morgan fingerprint density at radius 3 is 1.91 bits per heavy atom. The molecule has 0 aliphatic carbocycles. The van der Waals surface area contributed by atoms with Crippen molar-refractivity contribution in [2.24, 2.45) is 5.92 Å². The number of benzene rings is 1. The summed E-state index contributed by atoms with van der Waals surface area (Å²) in [7, 11) is 0. The van der Waals surface area contributed by atoms with Crippen LogP contribution in [-0.4, -0.2) is 12.6 Å². The van der Waals surface area contributed by atoms with Gasteiger partial charge in [0.25, 0.3) is 0 Å². The highest BCUT2D eigenvalue weighted by atomic mass is 17.2. The van der Waals surface area contributed by atoms with Gasteiger partial charge in [-0.15, -0.1) is 0 Å². The molecule has 0 N–H and O–H groups in total. The summed E-state index contributed by atoms with van der Waals surface area (Å²) >= 11 is 0. The second-order valence-electron chi connectivity index (χ2n) is 6.57. The van der Waals surface area contributed by atoms with Gasteiger partial charge >= 0.3 is 5.97 Å². The lowest BCUT2D eigenvalue weighted by atomic mass is 9.90. The monoisotopic (exact) mass is 320 g/mol. The maximum absolute atomic E-state index is 12.4. The first-order valence-corrected chi connectivity index (χ1v) is 8.75. The molecule has 23 heavy (non-hydrogen) atoms. The molecule has 0 fully saturated rings. The van der Waals surface area contributed by atoms with Gasteiger partial charge in [-0.1, -0.05) is 33.1 Å². The topological polar surface area (TPSA) is 35.5 Å². The van der Waals surface area contributed by atoms with Crippen molar-refractivity contribution in [3.63, 3.8) is 0 Å². The van der Waals surface area contributed by atoms with E-state index in [0.717, 1.165) is 35.1 Å². The number of carbonyl (C=O) groups is 1. The number of hydrogen-bond acceptors (Lipinski definition) is 3. The Morgan fingerprint density at radius 1 is 0.913 bits per heavy atom. The van der Waals surface area contributed by atoms with Crippen LogP contribution in [0.5, 0.6) is 0 Å². The van der Waals surface area contributed by atoms with Crippen molar-refractivity contribution in [1.82, 2.24) is 0 Å². The first-order chi connectivity index (χ1) is 10.8. The molecule has 0 aliphatic heterocycles. The van der Waals surface area contributed by atoms with Crippen LogP contribution in [0.4, 0.5) is 0 Å². The Balaban J connectivity index is 2.76. The standard InChI is InChI=1S/C20H32O3/c1-8-10-11-18(9-2)12-22-23-20(21)19-16(6)14(4)13(3)15(5)17(19)7/h18H,8-12H2,1-7H3. The zero-order chi connectivity index (χ0) is 17.6. The lowest BCUT2D eigenvalue weighted by Crippen LogP contribution is -2.16. The third kappa shape index (κ3) is 4.81. The molecule has 0 heterocycles. The molecule has 0 aromatic heterocycles. The van der Waals surface area contributed by atoms with E-state index < -0.39 is 0 Å². The van der Waals surface area contributed by atoms with Crippen molar-refractivity contribution in [2.45, 2.75) is 74.1 Å². The predicted molar refractivity (Wildman–Crippen MR) is 94.8 cm³/mol. The number of hydrogen-bond donors (Lipinski definition) is 0. The molecule has 0 saturated carbocycles. The van der Waals surface area contributed by atoms with Gasteiger partial charge in [-0.05, 0) is 74.8 Å². The summed E-state index contributed by atoms with van der Waals surface area (Å²) < 4.78 is 0. The Labute approximate surface area is 141 Å². The van der Waals surface area contributed by atoms with Crippen molar-refractivity contribution < 1.29 is 14.6 Å². The van der Waals surface area contributed by atoms with Gasteiger partial charge in [-0.3, -0.25) is 4.89 Å². The van der Waals surface area contributed by atoms with E-state index in [9.17, 15) is 4.79 Å². The van der Waals surface area contributed by atoms with E-state index in [-0.39, 0.29) is 5.97 Å². The summed E-state index contributed by atoms with van der Waals surface area (Å²) in [5, 5.41) is 0. The Hall–Kier alpha value is -1.35. The van der Waals surface area contributed by atoms with Crippen molar-refractivity contribution in [2.75, 3.05) is 6.61 Å². The van der Waals surface area contributed by atoms with Gasteiger partial charge in [0.15, 0.2) is 0 Å². The zero-order valence-corrected chi connectivity index (χ0v) is 15.8. The second-order valence-corrected chi connectivity index (χ2v) is 6.57. The molecule has 3 nitrogen and oxygen atoms in total. The molecular weight excluding hydrogens is 288 g/mol. The Bertz CT molecular complexity index is 517. The van der Waals surface area contributed by atoms with E-state index in [1.807, 2.05) is 27.7 Å². The molecule has 0 amide bonds. The molecule has 1 aromatic rings. The summed E-state index contributed by atoms with van der Waals surface area (Å²) in [6, 6.07) is 0. The van der Waals surface area contributed by atoms with E-state index in [0.29, 0.717) is 18.1 Å². The van der Waals surface area contributed by atoms with E-state index >= 15 is 0 Å². The number of carbonyl (C=O) groups excluding carboxylic acids is 1. The highest BCUT2D eigenvalue weighted by Crippen LogP contribution is 2.26. The number of rotatable bonds is 8. The van der Waals surface area contributed by atoms with Crippen LogP contribution in [0.2, 0.25) is 0 Å². The first kappa shape index (κ1) is 19.7. The van der Waals surface area contributed by atoms with E-state index in [1.54, 1.807) is 0 Å². The third-order valence-electron chi connectivity index (χ3n) is 5.19. The lowest BCUT2D eigenvalue weighted by molar-refractivity contribution is -0.249. The molecule has 0 saturated heterocycles. The number of unbranched alkanes of at least 4 members (excludes halogenated alkanes) is 1. The normalized spacial score (nSPS) is 12.3. The van der Waals surface area contributed by atoms with Crippen molar-refractivity contribution >= 4 is 5.97 Å². The fourth-order valence-electron chi connectivity index (χ4n) is 2.93. The lowest BCUT2D eigenvalue weighted by Gasteiger charge is -2.18. The molecule has 0 aliphatic rings. The van der Waals surface area contributed by atoms with Gasteiger partial charge in [0.1, 0.15) is 0 Å². The van der Waals surface area contributed by atoms with Gasteiger partial charge in [0.05, 0.1) is 12.2 Å². The van der Waals surface area contributed by atoms with Gasteiger partial charge in [0.2, 0.25) is 0 Å². The third-order valence-corrected chi connectivity index (χ3v) is 5.19. The molecule has 0 spiro atoms. The Morgan fingerprint density at radius 2 is 1.43 bits per heavy atom. The molecule has 3 heteroatoms. The summed E-state index contributed by atoms with van der Waals surface area (Å²) in [4.78, 5) is 22.8. The quantitative estimate of drug-likeness (QED) is 0.466. The van der Waals surface area contributed by atoms with Crippen LogP contribution in [0.15, 0.2) is 0 Å². The van der Waals surface area contributed by atoms with Gasteiger partial charge in [-0.25, -0.2) is 4.79 Å². The van der Waals surface area contributed by atoms with Crippen LogP contribution >= 0.6 is 0 Å². The molecule has 0 radical (unpaired) electrons. The van der Waals surface area contributed by atoms with E-state index in [1.165, 1.54) is 18.4 Å². The van der Waals surface area contributed by atoms with E-state index in [4.69, 9.17) is 9.78 Å². The van der Waals surface area contributed by atoms with Crippen LogP contribution in [0, 0.1) is 40.5 Å². The highest BCUT2D eigenvalue weighted by Gasteiger charge is 2.20. The van der Waals surface area contributed by atoms with E-state index in [2.05, 4.69) is 20.8 Å². The molecule has 1 rings (SSSR count). The minimum absolute atomic E-state index is 0.378. The smallest absolute Gasteiger partial charge is 0.293 e. The van der Waals surface area contributed by atoms with Gasteiger partial charge < -0.3 is 0 Å². The van der Waals surface area contributed by atoms with Crippen molar-refractivity contribution in [3.05, 3.63) is 33.4 Å². The first-order valence-electron chi connectivity index (χ1n) is 8.75. The van der Waals surface area contributed by atoms with Crippen LogP contribution in [0.3, 0.4) is 0 Å². The average molecular weight is 320 g/mol.